The van der Waals surface area contributed by atoms with Crippen LogP contribution in [-0.4, -0.2) is 17.0 Å². The number of benzene rings is 1. The van der Waals surface area contributed by atoms with Gasteiger partial charge in [0.05, 0.1) is 0 Å². The van der Waals surface area contributed by atoms with Gasteiger partial charge in [-0.3, -0.25) is 4.79 Å². The third-order valence-corrected chi connectivity index (χ3v) is 4.32. The molecule has 1 amide bonds. The summed E-state index contributed by atoms with van der Waals surface area (Å²) in [4.78, 5) is 13.5. The number of hydrogen-bond donors (Lipinski definition) is 3. The van der Waals surface area contributed by atoms with E-state index in [4.69, 9.17) is 10.9 Å². The van der Waals surface area contributed by atoms with Gasteiger partial charge >= 0.3 is 0 Å². The predicted molar refractivity (Wildman–Crippen MR) is 89.5 cm³/mol. The van der Waals surface area contributed by atoms with Crippen molar-refractivity contribution < 1.29 is 10.0 Å². The second kappa shape index (κ2) is 7.09. The molecule has 0 bridgehead atoms. The molecule has 0 aliphatic carbocycles. The van der Waals surface area contributed by atoms with Crippen molar-refractivity contribution in [3.8, 4) is 0 Å². The van der Waals surface area contributed by atoms with Gasteiger partial charge in [-0.2, -0.15) is 0 Å². The van der Waals surface area contributed by atoms with Gasteiger partial charge in [-0.25, -0.2) is 0 Å². The van der Waals surface area contributed by atoms with Crippen molar-refractivity contribution in [3.63, 3.8) is 0 Å². The summed E-state index contributed by atoms with van der Waals surface area (Å²) in [5.41, 5.74) is 8.46. The van der Waals surface area contributed by atoms with Gasteiger partial charge in [0.2, 0.25) is 5.91 Å². The Kier molecular flexibility index (Phi) is 5.16. The molecule has 1 atom stereocenters. The summed E-state index contributed by atoms with van der Waals surface area (Å²) in [6.45, 7) is 3.88. The number of amidine groups is 1. The first-order valence-corrected chi connectivity index (χ1v) is 7.77. The topological polar surface area (TPSA) is 87.7 Å². The van der Waals surface area contributed by atoms with E-state index in [0.29, 0.717) is 6.42 Å². The quantitative estimate of drug-likeness (QED) is 0.343. The number of oxime groups is 1. The van der Waals surface area contributed by atoms with Gasteiger partial charge in [0, 0.05) is 17.0 Å². The third-order valence-electron chi connectivity index (χ3n) is 3.43. The number of aryl methyl sites for hydroxylation is 2. The van der Waals surface area contributed by atoms with Gasteiger partial charge in [0.25, 0.3) is 0 Å². The zero-order chi connectivity index (χ0) is 16.1. The smallest absolute Gasteiger partial charge is 0.235 e. The highest BCUT2D eigenvalue weighted by Gasteiger charge is 2.24. The zero-order valence-electron chi connectivity index (χ0n) is 12.5. The number of rotatable bonds is 5. The molecule has 22 heavy (non-hydrogen) atoms. The Morgan fingerprint density at radius 1 is 1.41 bits per heavy atom. The third kappa shape index (κ3) is 3.85. The molecule has 1 aromatic heterocycles. The zero-order valence-corrected chi connectivity index (χ0v) is 13.4. The monoisotopic (exact) mass is 317 g/mol. The number of nitrogens with zero attached hydrogens (tertiary/aromatic N) is 1. The van der Waals surface area contributed by atoms with E-state index in [0.717, 1.165) is 21.7 Å². The minimum absolute atomic E-state index is 0.0868. The van der Waals surface area contributed by atoms with Crippen LogP contribution in [0.15, 0.2) is 40.9 Å². The average molecular weight is 317 g/mol. The highest BCUT2D eigenvalue weighted by molar-refractivity contribution is 7.09. The maximum atomic E-state index is 12.5. The minimum atomic E-state index is -0.705. The number of nitrogens with two attached hydrogens (primary N) is 1. The summed E-state index contributed by atoms with van der Waals surface area (Å²) in [6.07, 6.45) is 0.407. The van der Waals surface area contributed by atoms with Gasteiger partial charge in [-0.15, -0.1) is 11.3 Å². The molecule has 0 fully saturated rings. The van der Waals surface area contributed by atoms with Crippen molar-refractivity contribution in [2.45, 2.75) is 20.3 Å². The molecule has 2 aromatic rings. The van der Waals surface area contributed by atoms with Crippen LogP contribution < -0.4 is 11.1 Å². The highest BCUT2D eigenvalue weighted by Crippen LogP contribution is 2.20. The van der Waals surface area contributed by atoms with Crippen molar-refractivity contribution in [1.82, 2.24) is 0 Å². The second-order valence-electron chi connectivity index (χ2n) is 5.17. The Morgan fingerprint density at radius 2 is 2.18 bits per heavy atom. The standard InChI is InChI=1S/C16H19N3O2S/c1-10-5-6-11(2)14(8-10)18-16(20)13(15(17)19-21)9-12-4-3-7-22-12/h3-8,13,21H,9H2,1-2H3,(H2,17,19)(H,18,20). The van der Waals surface area contributed by atoms with Gasteiger partial charge < -0.3 is 16.3 Å². The minimum Gasteiger partial charge on any atom is -0.409 e. The molecule has 0 aliphatic rings. The molecule has 6 heteroatoms. The van der Waals surface area contributed by atoms with Crippen LogP contribution in [0, 0.1) is 19.8 Å². The van der Waals surface area contributed by atoms with Crippen LogP contribution >= 0.6 is 11.3 Å². The van der Waals surface area contributed by atoms with Crippen molar-refractivity contribution in [2.75, 3.05) is 5.32 Å². The van der Waals surface area contributed by atoms with Crippen LogP contribution in [0.3, 0.4) is 0 Å². The van der Waals surface area contributed by atoms with E-state index in [-0.39, 0.29) is 11.7 Å². The van der Waals surface area contributed by atoms with Gasteiger partial charge in [0.15, 0.2) is 5.84 Å². The number of thiophene rings is 1. The number of anilines is 1. The van der Waals surface area contributed by atoms with E-state index in [2.05, 4.69) is 10.5 Å². The normalized spacial score (nSPS) is 12.9. The lowest BCUT2D eigenvalue weighted by Crippen LogP contribution is -2.36. The van der Waals surface area contributed by atoms with E-state index in [1.165, 1.54) is 11.3 Å². The fraction of sp³-hybridized carbons (Fsp3) is 0.250. The van der Waals surface area contributed by atoms with Crippen LogP contribution in [0.4, 0.5) is 5.69 Å². The predicted octanol–water partition coefficient (Wildman–Crippen LogP) is 2.91. The Balaban J connectivity index is 2.20. The van der Waals surface area contributed by atoms with Crippen LogP contribution in [0.1, 0.15) is 16.0 Å². The van der Waals surface area contributed by atoms with E-state index < -0.39 is 5.92 Å². The summed E-state index contributed by atoms with van der Waals surface area (Å²) in [7, 11) is 0. The van der Waals surface area contributed by atoms with Crippen molar-refractivity contribution in [2.24, 2.45) is 16.8 Å². The SMILES string of the molecule is Cc1ccc(C)c(NC(=O)C(Cc2cccs2)/C(N)=N/O)c1. The molecule has 4 N–H and O–H groups in total. The molecule has 1 aromatic carbocycles. The fourth-order valence-corrected chi connectivity index (χ4v) is 2.87. The summed E-state index contributed by atoms with van der Waals surface area (Å²) < 4.78 is 0. The second-order valence-corrected chi connectivity index (χ2v) is 6.20. The molecule has 116 valence electrons. The molecule has 0 saturated heterocycles. The highest BCUT2D eigenvalue weighted by atomic mass is 32.1. The Hall–Kier alpha value is -2.34. The molecule has 2 rings (SSSR count). The molecule has 0 aliphatic heterocycles. The van der Waals surface area contributed by atoms with Crippen molar-refractivity contribution in [3.05, 3.63) is 51.7 Å². The van der Waals surface area contributed by atoms with Crippen LogP contribution in [0.5, 0.6) is 0 Å². The molecule has 1 unspecified atom stereocenters. The average Bonchev–Trinajstić information content (AvgIpc) is 3.00. The summed E-state index contributed by atoms with van der Waals surface area (Å²) >= 11 is 1.54. The Labute approximate surface area is 133 Å². The molecule has 0 spiro atoms. The number of hydrogen-bond acceptors (Lipinski definition) is 4. The van der Waals surface area contributed by atoms with E-state index in [1.54, 1.807) is 0 Å². The first-order chi connectivity index (χ1) is 10.5. The summed E-state index contributed by atoms with van der Waals surface area (Å²) in [6, 6.07) is 9.67. The van der Waals surface area contributed by atoms with Crippen molar-refractivity contribution in [1.29, 1.82) is 0 Å². The van der Waals surface area contributed by atoms with Crippen LogP contribution in [0.2, 0.25) is 0 Å². The van der Waals surface area contributed by atoms with E-state index in [9.17, 15) is 4.79 Å². The van der Waals surface area contributed by atoms with Gasteiger partial charge in [-0.1, -0.05) is 23.4 Å². The largest absolute Gasteiger partial charge is 0.409 e. The first kappa shape index (κ1) is 16.0. The van der Waals surface area contributed by atoms with E-state index in [1.807, 2.05) is 49.6 Å². The molecular weight excluding hydrogens is 298 g/mol. The maximum Gasteiger partial charge on any atom is 0.235 e. The Morgan fingerprint density at radius 3 is 2.82 bits per heavy atom. The summed E-state index contributed by atoms with van der Waals surface area (Å²) in [5.74, 6) is -1.07. The maximum absolute atomic E-state index is 12.5. The molecular formula is C16H19N3O2S. The van der Waals surface area contributed by atoms with E-state index >= 15 is 0 Å². The first-order valence-electron chi connectivity index (χ1n) is 6.89. The lowest BCUT2D eigenvalue weighted by atomic mass is 10.0. The molecule has 1 heterocycles. The molecule has 0 saturated carbocycles. The van der Waals surface area contributed by atoms with Gasteiger partial charge in [0.1, 0.15) is 5.92 Å². The lowest BCUT2D eigenvalue weighted by Gasteiger charge is -2.16. The molecule has 0 radical (unpaired) electrons. The number of carbonyl (C=O) groups excluding carboxylic acids is 1. The number of carbonyl (C=O) groups is 1. The van der Waals surface area contributed by atoms with Crippen molar-refractivity contribution >= 4 is 28.8 Å². The Bertz CT molecular complexity index is 681. The lowest BCUT2D eigenvalue weighted by molar-refractivity contribution is -0.118. The van der Waals surface area contributed by atoms with Crippen LogP contribution in [-0.2, 0) is 11.2 Å². The number of amides is 1. The number of nitrogens with one attached hydrogen (secondary N) is 1. The molecule has 5 nitrogen and oxygen atoms in total. The summed E-state index contributed by atoms with van der Waals surface area (Å²) in [5, 5.41) is 16.7. The fourth-order valence-electron chi connectivity index (χ4n) is 2.12. The van der Waals surface area contributed by atoms with Crippen LogP contribution in [0.25, 0.3) is 0 Å². The van der Waals surface area contributed by atoms with Gasteiger partial charge in [-0.05, 0) is 42.5 Å².